The Balaban J connectivity index is 2.31. The largest absolute Gasteiger partial charge is 0.491 e. The lowest BCUT2D eigenvalue weighted by atomic mass is 10.0. The van der Waals surface area contributed by atoms with Crippen molar-refractivity contribution in [3.05, 3.63) is 40.4 Å². The predicted octanol–water partition coefficient (Wildman–Crippen LogP) is 3.68. The molecule has 0 radical (unpaired) electrons. The van der Waals surface area contributed by atoms with Gasteiger partial charge < -0.3 is 4.74 Å². The summed E-state index contributed by atoms with van der Waals surface area (Å²) in [6.07, 6.45) is 0.0802. The molecule has 0 bridgehead atoms. The zero-order valence-electron chi connectivity index (χ0n) is 12.1. The first-order valence-electron chi connectivity index (χ1n) is 6.62. The summed E-state index contributed by atoms with van der Waals surface area (Å²) in [6, 6.07) is 7.24. The number of hydrogen-bond donors (Lipinski definition) is 0. The van der Waals surface area contributed by atoms with E-state index >= 15 is 0 Å². The maximum atomic E-state index is 12.5. The summed E-state index contributed by atoms with van der Waals surface area (Å²) in [5.74, 6) is 0.843. The molecule has 0 aliphatic heterocycles. The molecule has 0 amide bonds. The molecule has 4 nitrogen and oxygen atoms in total. The molecule has 0 fully saturated rings. The molecule has 106 valence electrons. The third kappa shape index (κ3) is 3.22. The van der Waals surface area contributed by atoms with E-state index in [0.717, 1.165) is 17.2 Å². The van der Waals surface area contributed by atoms with E-state index < -0.39 is 0 Å². The molecule has 0 saturated carbocycles. The lowest BCUT2D eigenvalue weighted by Crippen LogP contribution is -2.07. The molecule has 0 unspecified atom stereocenters. The molecule has 0 spiro atoms. The van der Waals surface area contributed by atoms with E-state index in [1.807, 2.05) is 39.8 Å². The summed E-state index contributed by atoms with van der Waals surface area (Å²) in [4.78, 5) is 13.2. The zero-order valence-corrected chi connectivity index (χ0v) is 12.9. The van der Waals surface area contributed by atoms with Crippen molar-refractivity contribution in [3.8, 4) is 5.75 Å². The Morgan fingerprint density at radius 1 is 1.25 bits per heavy atom. The maximum Gasteiger partial charge on any atom is 0.206 e. The van der Waals surface area contributed by atoms with Crippen LogP contribution in [-0.2, 0) is 0 Å². The lowest BCUT2D eigenvalue weighted by Gasteiger charge is -2.10. The Kier molecular flexibility index (Phi) is 4.49. The molecule has 1 heterocycles. The molecule has 0 saturated heterocycles. The highest BCUT2D eigenvalue weighted by Crippen LogP contribution is 2.24. The Bertz CT molecular complexity index is 605. The first-order chi connectivity index (χ1) is 9.49. The fourth-order valence-electron chi connectivity index (χ4n) is 1.85. The molecule has 0 atom stereocenters. The standard InChI is InChI=1S/C15H18N2O2S/c1-9(2)13-15(20-17-16-13)14(18)11-6-5-7-12(8-11)19-10(3)4/h5-10H,1-4H3. The summed E-state index contributed by atoms with van der Waals surface area (Å²) in [7, 11) is 0. The molecule has 2 rings (SSSR count). The van der Waals surface area contributed by atoms with E-state index in [1.54, 1.807) is 12.1 Å². The number of hydrogen-bond acceptors (Lipinski definition) is 5. The summed E-state index contributed by atoms with van der Waals surface area (Å²) in [5.41, 5.74) is 1.37. The van der Waals surface area contributed by atoms with E-state index in [1.165, 1.54) is 0 Å². The normalized spacial score (nSPS) is 11.1. The van der Waals surface area contributed by atoms with Crippen LogP contribution >= 0.6 is 11.5 Å². The van der Waals surface area contributed by atoms with E-state index in [4.69, 9.17) is 4.74 Å². The summed E-state index contributed by atoms with van der Waals surface area (Å²) in [5, 5.41) is 4.05. The first kappa shape index (κ1) is 14.7. The fraction of sp³-hybridized carbons (Fsp3) is 0.400. The number of benzene rings is 1. The quantitative estimate of drug-likeness (QED) is 0.788. The van der Waals surface area contributed by atoms with Crippen LogP contribution in [-0.4, -0.2) is 21.5 Å². The van der Waals surface area contributed by atoms with Gasteiger partial charge in [0, 0.05) is 5.56 Å². The van der Waals surface area contributed by atoms with Gasteiger partial charge in [0.25, 0.3) is 0 Å². The molecule has 5 heteroatoms. The number of aromatic nitrogens is 2. The molecule has 0 N–H and O–H groups in total. The topological polar surface area (TPSA) is 52.1 Å². The highest BCUT2D eigenvalue weighted by molar-refractivity contribution is 7.08. The number of rotatable bonds is 5. The highest BCUT2D eigenvalue weighted by Gasteiger charge is 2.20. The van der Waals surface area contributed by atoms with Gasteiger partial charge in [-0.15, -0.1) is 5.10 Å². The Morgan fingerprint density at radius 2 is 2.00 bits per heavy atom. The number of carbonyl (C=O) groups excluding carboxylic acids is 1. The van der Waals surface area contributed by atoms with Gasteiger partial charge >= 0.3 is 0 Å². The van der Waals surface area contributed by atoms with Gasteiger partial charge in [-0.25, -0.2) is 0 Å². The fourth-order valence-corrected chi connectivity index (χ4v) is 2.63. The lowest BCUT2D eigenvalue weighted by molar-refractivity contribution is 0.104. The van der Waals surface area contributed by atoms with Crippen molar-refractivity contribution in [2.24, 2.45) is 0 Å². The van der Waals surface area contributed by atoms with Crippen LogP contribution in [0.2, 0.25) is 0 Å². The van der Waals surface area contributed by atoms with E-state index in [9.17, 15) is 4.79 Å². The van der Waals surface area contributed by atoms with Crippen molar-refractivity contribution in [1.29, 1.82) is 0 Å². The van der Waals surface area contributed by atoms with Crippen LogP contribution in [0.25, 0.3) is 0 Å². The molecule has 1 aromatic carbocycles. The van der Waals surface area contributed by atoms with Crippen LogP contribution in [0.15, 0.2) is 24.3 Å². The van der Waals surface area contributed by atoms with Crippen molar-refractivity contribution in [3.63, 3.8) is 0 Å². The van der Waals surface area contributed by atoms with Crippen molar-refractivity contribution in [1.82, 2.24) is 9.59 Å². The van der Waals surface area contributed by atoms with Crippen molar-refractivity contribution in [2.75, 3.05) is 0 Å². The second-order valence-corrected chi connectivity index (χ2v) is 5.92. The van der Waals surface area contributed by atoms with Crippen LogP contribution in [0, 0.1) is 0 Å². The number of ketones is 1. The minimum Gasteiger partial charge on any atom is -0.491 e. The van der Waals surface area contributed by atoms with Crippen LogP contribution in [0.4, 0.5) is 0 Å². The monoisotopic (exact) mass is 290 g/mol. The number of ether oxygens (including phenoxy) is 1. The molecular weight excluding hydrogens is 272 g/mol. The molecule has 0 aliphatic carbocycles. The van der Waals surface area contributed by atoms with Gasteiger partial charge in [-0.1, -0.05) is 30.5 Å². The predicted molar refractivity (Wildman–Crippen MR) is 79.6 cm³/mol. The van der Waals surface area contributed by atoms with E-state index in [0.29, 0.717) is 16.2 Å². The summed E-state index contributed by atoms with van der Waals surface area (Å²) in [6.45, 7) is 7.93. The van der Waals surface area contributed by atoms with Gasteiger partial charge in [-0.2, -0.15) is 0 Å². The molecule has 2 aromatic rings. The van der Waals surface area contributed by atoms with Crippen molar-refractivity contribution >= 4 is 17.3 Å². The summed E-state index contributed by atoms with van der Waals surface area (Å²) < 4.78 is 9.52. The Hall–Kier alpha value is -1.75. The average Bonchev–Trinajstić information content (AvgIpc) is 2.86. The zero-order chi connectivity index (χ0) is 14.7. The molecular formula is C15H18N2O2S. The van der Waals surface area contributed by atoms with Crippen molar-refractivity contribution in [2.45, 2.75) is 39.7 Å². The van der Waals surface area contributed by atoms with Gasteiger partial charge in [0.2, 0.25) is 5.78 Å². The smallest absolute Gasteiger partial charge is 0.206 e. The maximum absolute atomic E-state index is 12.5. The first-order valence-corrected chi connectivity index (χ1v) is 7.40. The minimum atomic E-state index is -0.0436. The van der Waals surface area contributed by atoms with Gasteiger partial charge in [0.15, 0.2) is 0 Å². The van der Waals surface area contributed by atoms with E-state index in [-0.39, 0.29) is 17.8 Å². The summed E-state index contributed by atoms with van der Waals surface area (Å²) >= 11 is 1.15. The van der Waals surface area contributed by atoms with Crippen LogP contribution in [0.5, 0.6) is 5.75 Å². The van der Waals surface area contributed by atoms with Crippen molar-refractivity contribution < 1.29 is 9.53 Å². The molecule has 0 aliphatic rings. The van der Waals surface area contributed by atoms with Crippen LogP contribution < -0.4 is 4.74 Å². The van der Waals surface area contributed by atoms with Crippen LogP contribution in [0.1, 0.15) is 54.5 Å². The van der Waals surface area contributed by atoms with Gasteiger partial charge in [0.1, 0.15) is 10.6 Å². The van der Waals surface area contributed by atoms with Gasteiger partial charge in [-0.3, -0.25) is 4.79 Å². The Morgan fingerprint density at radius 3 is 2.65 bits per heavy atom. The average molecular weight is 290 g/mol. The Labute approximate surface area is 123 Å². The SMILES string of the molecule is CC(C)Oc1cccc(C(=O)c2snnc2C(C)C)c1. The van der Waals surface area contributed by atoms with Gasteiger partial charge in [-0.05, 0) is 43.4 Å². The van der Waals surface area contributed by atoms with E-state index in [2.05, 4.69) is 9.59 Å². The molecule has 20 heavy (non-hydrogen) atoms. The third-order valence-corrected chi connectivity index (χ3v) is 3.47. The minimum absolute atomic E-state index is 0.0436. The number of carbonyl (C=O) groups is 1. The highest BCUT2D eigenvalue weighted by atomic mass is 32.1. The number of nitrogens with zero attached hydrogens (tertiary/aromatic N) is 2. The van der Waals surface area contributed by atoms with Crippen LogP contribution in [0.3, 0.4) is 0 Å². The second kappa shape index (κ2) is 6.13. The molecule has 1 aromatic heterocycles. The third-order valence-electron chi connectivity index (χ3n) is 2.73. The van der Waals surface area contributed by atoms with Gasteiger partial charge in [0.05, 0.1) is 11.8 Å². The second-order valence-electron chi connectivity index (χ2n) is 5.17.